The zero-order chi connectivity index (χ0) is 20.9. The number of aliphatic hydroxyl groups is 1. The summed E-state index contributed by atoms with van der Waals surface area (Å²) in [6.45, 7) is 5.16. The van der Waals surface area contributed by atoms with E-state index in [1.54, 1.807) is 19.9 Å². The van der Waals surface area contributed by atoms with E-state index >= 15 is 0 Å². The molecule has 0 saturated carbocycles. The van der Waals surface area contributed by atoms with Crippen molar-refractivity contribution in [2.75, 3.05) is 26.2 Å². The number of quaternary nitrogens is 1. The molecule has 0 bridgehead atoms. The van der Waals surface area contributed by atoms with E-state index in [-0.39, 0.29) is 85.5 Å². The van der Waals surface area contributed by atoms with Crippen LogP contribution in [0.2, 0.25) is 0 Å². The van der Waals surface area contributed by atoms with E-state index in [0.29, 0.717) is 0 Å². The van der Waals surface area contributed by atoms with Crippen molar-refractivity contribution < 1.29 is 63.7 Å². The van der Waals surface area contributed by atoms with Crippen LogP contribution >= 0.6 is 0 Å². The number of hydrogen-bond donors (Lipinski definition) is 3. The molecule has 0 aliphatic heterocycles. The van der Waals surface area contributed by atoms with Crippen LogP contribution in [0.15, 0.2) is 12.2 Å². The zero-order valence-electron chi connectivity index (χ0n) is 17.6. The van der Waals surface area contributed by atoms with Gasteiger partial charge in [0.25, 0.3) is 0 Å². The molecule has 156 valence electrons. The average molecular weight is 409 g/mol. The first-order valence-corrected chi connectivity index (χ1v) is 9.63. The van der Waals surface area contributed by atoms with Crippen LogP contribution in [0.4, 0.5) is 0 Å². The molecule has 0 aromatic rings. The summed E-state index contributed by atoms with van der Waals surface area (Å²) in [5.74, 6) is -2.69. The van der Waals surface area contributed by atoms with E-state index in [2.05, 4.69) is 5.32 Å². The summed E-state index contributed by atoms with van der Waals surface area (Å²) in [6, 6.07) is -2.10. The van der Waals surface area contributed by atoms with Crippen LogP contribution in [0.5, 0.6) is 0 Å². The number of rotatable bonds is 15. The van der Waals surface area contributed by atoms with Crippen LogP contribution in [0.3, 0.4) is 0 Å². The number of amides is 1. The van der Waals surface area contributed by atoms with E-state index in [4.69, 9.17) is 0 Å². The molecule has 0 aromatic carbocycles. The Labute approximate surface area is 189 Å². The summed E-state index contributed by atoms with van der Waals surface area (Å²) < 4.78 is -0.354. The Hall–Kier alpha value is -0.930. The minimum Gasteiger partial charge on any atom is -0.544 e. The monoisotopic (exact) mass is 409 g/mol. The first-order chi connectivity index (χ1) is 12.8. The molecule has 0 spiro atoms. The number of allylic oxidation sites excluding steroid dienone is 1. The van der Waals surface area contributed by atoms with Crippen LogP contribution in [-0.2, 0) is 14.4 Å². The Morgan fingerprint density at radius 1 is 1.07 bits per heavy atom. The summed E-state index contributed by atoms with van der Waals surface area (Å²) in [7, 11) is 0. The minimum atomic E-state index is -1.35. The van der Waals surface area contributed by atoms with E-state index in [1.807, 2.05) is 13.0 Å². The molecular formula is C19H34N2NaO6+. The van der Waals surface area contributed by atoms with E-state index in [1.165, 1.54) is 0 Å². The third-order valence-corrected chi connectivity index (χ3v) is 4.86. The summed E-state index contributed by atoms with van der Waals surface area (Å²) in [5, 5.41) is 33.6. The molecule has 0 aliphatic carbocycles. The predicted octanol–water partition coefficient (Wildman–Crippen LogP) is -2.95. The molecule has 0 aromatic heterocycles. The maximum absolute atomic E-state index is 11.9. The number of nitrogens with zero attached hydrogens (tertiary/aromatic N) is 1. The molecule has 9 heteroatoms. The second kappa shape index (κ2) is 15.9. The van der Waals surface area contributed by atoms with Crippen molar-refractivity contribution in [3.63, 3.8) is 0 Å². The number of aliphatic carboxylic acids is 2. The van der Waals surface area contributed by atoms with Gasteiger partial charge < -0.3 is 29.9 Å². The van der Waals surface area contributed by atoms with Gasteiger partial charge in [-0.15, -0.1) is 0 Å². The van der Waals surface area contributed by atoms with Crippen molar-refractivity contribution in [1.29, 1.82) is 0 Å². The summed E-state index contributed by atoms with van der Waals surface area (Å²) >= 11 is 0. The Morgan fingerprint density at radius 2 is 1.68 bits per heavy atom. The fourth-order valence-electron chi connectivity index (χ4n) is 3.59. The van der Waals surface area contributed by atoms with Gasteiger partial charge in [-0.2, -0.15) is 0 Å². The Bertz CT molecular complexity index is 491. The Kier molecular flexibility index (Phi) is 16.7. The number of hydrogen-bond acceptors (Lipinski definition) is 5. The topological polar surface area (TPSA) is 127 Å². The summed E-state index contributed by atoms with van der Waals surface area (Å²) in [6.07, 6.45) is 6.17. The molecule has 28 heavy (non-hydrogen) atoms. The maximum Gasteiger partial charge on any atom is 1.00 e. The molecule has 3 atom stereocenters. The molecule has 3 N–H and O–H groups in total. The van der Waals surface area contributed by atoms with E-state index < -0.39 is 24.0 Å². The molecule has 1 amide bonds. The number of nitrogens with one attached hydrogen (secondary N) is 1. The SMILES string of the molecule is CCC/C=C/CC(=O)NCC[N+](CCO)(C(CC)C(=O)[O-])C(CC)C(=O)O.[Na+]. The number of aliphatic hydroxyl groups excluding tert-OH is 1. The van der Waals surface area contributed by atoms with Crippen molar-refractivity contribution in [1.82, 2.24) is 5.32 Å². The molecule has 0 heterocycles. The minimum absolute atomic E-state index is 0. The van der Waals surface area contributed by atoms with Crippen LogP contribution in [0.25, 0.3) is 0 Å². The number of unbranched alkanes of at least 4 members (excludes halogenated alkanes) is 1. The van der Waals surface area contributed by atoms with Crippen LogP contribution < -0.4 is 40.0 Å². The third-order valence-electron chi connectivity index (χ3n) is 4.86. The fourth-order valence-corrected chi connectivity index (χ4v) is 3.59. The van der Waals surface area contributed by atoms with E-state index in [0.717, 1.165) is 12.8 Å². The second-order valence-electron chi connectivity index (χ2n) is 6.59. The molecule has 0 fully saturated rings. The van der Waals surface area contributed by atoms with Crippen LogP contribution in [-0.4, -0.2) is 70.9 Å². The van der Waals surface area contributed by atoms with Crippen LogP contribution in [0.1, 0.15) is 52.9 Å². The Balaban J connectivity index is 0. The van der Waals surface area contributed by atoms with Crippen LogP contribution in [0, 0.1) is 0 Å². The van der Waals surface area contributed by atoms with Gasteiger partial charge in [0, 0.05) is 19.3 Å². The van der Waals surface area contributed by atoms with Gasteiger partial charge >= 0.3 is 35.5 Å². The summed E-state index contributed by atoms with van der Waals surface area (Å²) in [4.78, 5) is 35.4. The first-order valence-electron chi connectivity index (χ1n) is 9.63. The van der Waals surface area contributed by atoms with Gasteiger partial charge in [-0.25, -0.2) is 4.79 Å². The maximum atomic E-state index is 11.9. The smallest absolute Gasteiger partial charge is 0.544 e. The molecule has 0 saturated heterocycles. The van der Waals surface area contributed by atoms with Crippen molar-refractivity contribution >= 4 is 17.8 Å². The second-order valence-corrected chi connectivity index (χ2v) is 6.59. The third kappa shape index (κ3) is 9.05. The molecule has 3 unspecified atom stereocenters. The number of carboxylic acids is 2. The predicted molar refractivity (Wildman–Crippen MR) is 99.6 cm³/mol. The van der Waals surface area contributed by atoms with Crippen molar-refractivity contribution in [3.8, 4) is 0 Å². The van der Waals surface area contributed by atoms with Gasteiger partial charge in [-0.3, -0.25) is 4.79 Å². The van der Waals surface area contributed by atoms with Gasteiger partial charge in [-0.05, 0) is 6.42 Å². The molecule has 0 rings (SSSR count). The summed E-state index contributed by atoms with van der Waals surface area (Å²) in [5.41, 5.74) is 0. The molecular weight excluding hydrogens is 375 g/mol. The van der Waals surface area contributed by atoms with Gasteiger partial charge in [0.15, 0.2) is 6.04 Å². The van der Waals surface area contributed by atoms with Crippen molar-refractivity contribution in [3.05, 3.63) is 12.2 Å². The molecule has 8 nitrogen and oxygen atoms in total. The van der Waals surface area contributed by atoms with Gasteiger partial charge in [0.2, 0.25) is 5.91 Å². The number of carboxylic acid groups (broad SMARTS) is 2. The molecule has 0 radical (unpaired) electrons. The van der Waals surface area contributed by atoms with Gasteiger partial charge in [0.1, 0.15) is 12.6 Å². The van der Waals surface area contributed by atoms with Gasteiger partial charge in [-0.1, -0.05) is 39.3 Å². The number of carbonyl (C=O) groups excluding carboxylic acids is 2. The largest absolute Gasteiger partial charge is 1.00 e. The zero-order valence-corrected chi connectivity index (χ0v) is 19.6. The standard InChI is InChI=1S/C19H34N2O6.Na/c1-4-7-8-9-10-17(23)20-11-12-21(13-14-22,15(5-2)18(24)25)16(6-3)19(26)27;/h8-9,15-16,22H,4-7,10-14H2,1-3H3,(H2-,20,23,24,25,26,27);/q;+1/b9-8+;. The average Bonchev–Trinajstić information content (AvgIpc) is 2.59. The normalized spacial score (nSPS) is 15.3. The number of carbonyl (C=O) groups is 3. The first kappa shape index (κ1) is 29.3. The molecule has 0 aliphatic rings. The van der Waals surface area contributed by atoms with Gasteiger partial charge in [0.05, 0.1) is 25.7 Å². The van der Waals surface area contributed by atoms with Crippen molar-refractivity contribution in [2.45, 2.75) is 65.0 Å². The quantitative estimate of drug-likeness (QED) is 0.151. The fraction of sp³-hybridized carbons (Fsp3) is 0.737. The van der Waals surface area contributed by atoms with E-state index in [9.17, 15) is 29.7 Å². The Morgan fingerprint density at radius 3 is 2.11 bits per heavy atom. The van der Waals surface area contributed by atoms with Crippen molar-refractivity contribution in [2.24, 2.45) is 0 Å².